The van der Waals surface area contributed by atoms with Crippen molar-refractivity contribution >= 4 is 17.9 Å². The van der Waals surface area contributed by atoms with Crippen molar-refractivity contribution in [2.45, 2.75) is 284 Å². The molecule has 0 bridgehead atoms. The van der Waals surface area contributed by atoms with Crippen molar-refractivity contribution in [3.63, 3.8) is 0 Å². The number of allylic oxidation sites excluding steroid dienone is 16. The molecule has 0 aromatic heterocycles. The number of unbranched alkanes of at least 4 members (excludes halogenated alkanes) is 26. The Hall–Kier alpha value is -3.67. The number of rotatable bonds is 53. The minimum absolute atomic E-state index is 0.0914. The molecule has 71 heavy (non-hydrogen) atoms. The number of hydrogen-bond donors (Lipinski definition) is 0. The Morgan fingerprint density at radius 3 is 0.859 bits per heavy atom. The Morgan fingerprint density at radius 1 is 0.296 bits per heavy atom. The smallest absolute Gasteiger partial charge is 0.306 e. The van der Waals surface area contributed by atoms with Gasteiger partial charge in [0.1, 0.15) is 13.2 Å². The van der Waals surface area contributed by atoms with Crippen molar-refractivity contribution in [3.8, 4) is 0 Å². The van der Waals surface area contributed by atoms with E-state index in [1.54, 1.807) is 0 Å². The van der Waals surface area contributed by atoms with Crippen LogP contribution in [0.15, 0.2) is 97.2 Å². The molecular weight excluding hydrogens is 877 g/mol. The molecule has 0 aromatic rings. The Balaban J connectivity index is 4.44. The summed E-state index contributed by atoms with van der Waals surface area (Å²) in [5.41, 5.74) is 0. The average molecular weight is 988 g/mol. The Labute approximate surface area is 438 Å². The van der Waals surface area contributed by atoms with Crippen molar-refractivity contribution < 1.29 is 28.6 Å². The lowest BCUT2D eigenvalue weighted by Gasteiger charge is -2.18. The fourth-order valence-electron chi connectivity index (χ4n) is 8.08. The summed E-state index contributed by atoms with van der Waals surface area (Å²) in [4.78, 5) is 38.2. The van der Waals surface area contributed by atoms with Crippen LogP contribution in [0.3, 0.4) is 0 Å². The van der Waals surface area contributed by atoms with E-state index in [0.717, 1.165) is 128 Å². The summed E-state index contributed by atoms with van der Waals surface area (Å²) < 4.78 is 16.9. The van der Waals surface area contributed by atoms with Gasteiger partial charge in [0.15, 0.2) is 6.10 Å². The summed E-state index contributed by atoms with van der Waals surface area (Å²) in [6, 6.07) is 0. The van der Waals surface area contributed by atoms with Crippen LogP contribution >= 0.6 is 0 Å². The van der Waals surface area contributed by atoms with Crippen LogP contribution in [0.5, 0.6) is 0 Å². The molecule has 6 heteroatoms. The lowest BCUT2D eigenvalue weighted by molar-refractivity contribution is -0.167. The zero-order chi connectivity index (χ0) is 51.4. The quantitative estimate of drug-likeness (QED) is 0.0261. The zero-order valence-electron chi connectivity index (χ0n) is 46.5. The molecule has 0 aliphatic carbocycles. The summed E-state index contributed by atoms with van der Waals surface area (Å²) >= 11 is 0. The van der Waals surface area contributed by atoms with E-state index < -0.39 is 6.10 Å². The van der Waals surface area contributed by atoms with Gasteiger partial charge in [0.2, 0.25) is 0 Å². The highest BCUT2D eigenvalue weighted by Crippen LogP contribution is 2.15. The van der Waals surface area contributed by atoms with Gasteiger partial charge in [0.25, 0.3) is 0 Å². The molecule has 0 N–H and O–H groups in total. The van der Waals surface area contributed by atoms with Crippen molar-refractivity contribution in [2.24, 2.45) is 0 Å². The van der Waals surface area contributed by atoms with Crippen molar-refractivity contribution in [1.82, 2.24) is 0 Å². The molecule has 0 amide bonds. The van der Waals surface area contributed by atoms with Crippen molar-refractivity contribution in [2.75, 3.05) is 13.2 Å². The molecule has 0 fully saturated rings. The van der Waals surface area contributed by atoms with Crippen LogP contribution in [0.2, 0.25) is 0 Å². The minimum atomic E-state index is -0.794. The molecule has 1 atom stereocenters. The van der Waals surface area contributed by atoms with Crippen LogP contribution in [0.4, 0.5) is 0 Å². The summed E-state index contributed by atoms with van der Waals surface area (Å²) in [6.45, 7) is 6.46. The highest BCUT2D eigenvalue weighted by Gasteiger charge is 2.19. The van der Waals surface area contributed by atoms with E-state index in [1.165, 1.54) is 109 Å². The molecular formula is C65H110O6. The molecule has 0 spiro atoms. The van der Waals surface area contributed by atoms with Gasteiger partial charge in [0, 0.05) is 19.3 Å². The third-order valence-electron chi connectivity index (χ3n) is 12.5. The maximum atomic E-state index is 12.9. The number of esters is 3. The molecule has 1 unspecified atom stereocenters. The SMILES string of the molecule is CC/C=C\C/C=C\C/C=C\C/C=C\CCCCCCCCC(=O)OCC(COC(=O)CCCCCCC/C=C\C/C=C\CCCCC)OC(=O)CCCCCCCCCCC/C=C\C/C=C\CCCCC. The first-order valence-corrected chi connectivity index (χ1v) is 29.7. The topological polar surface area (TPSA) is 78.9 Å². The molecule has 6 nitrogen and oxygen atoms in total. The van der Waals surface area contributed by atoms with E-state index in [0.29, 0.717) is 19.3 Å². The molecule has 0 saturated carbocycles. The maximum absolute atomic E-state index is 12.9. The van der Waals surface area contributed by atoms with Crippen LogP contribution in [-0.4, -0.2) is 37.2 Å². The van der Waals surface area contributed by atoms with Gasteiger partial charge >= 0.3 is 17.9 Å². The van der Waals surface area contributed by atoms with E-state index in [2.05, 4.69) is 118 Å². The number of hydrogen-bond acceptors (Lipinski definition) is 6. The molecule has 0 radical (unpaired) electrons. The molecule has 0 heterocycles. The van der Waals surface area contributed by atoms with E-state index in [9.17, 15) is 14.4 Å². The molecule has 0 aliphatic rings. The number of carbonyl (C=O) groups excluding carboxylic acids is 3. The lowest BCUT2D eigenvalue weighted by atomic mass is 10.1. The first-order valence-electron chi connectivity index (χ1n) is 29.7. The second-order valence-corrected chi connectivity index (χ2v) is 19.5. The molecule has 0 rings (SSSR count). The van der Waals surface area contributed by atoms with Crippen molar-refractivity contribution in [3.05, 3.63) is 97.2 Å². The first-order chi connectivity index (χ1) is 35.0. The van der Waals surface area contributed by atoms with Crippen LogP contribution in [0, 0.1) is 0 Å². The van der Waals surface area contributed by atoms with Gasteiger partial charge in [-0.1, -0.05) is 234 Å². The fraction of sp³-hybridized carbons (Fsp3) is 0.708. The van der Waals surface area contributed by atoms with E-state index in [-0.39, 0.29) is 31.1 Å². The average Bonchev–Trinajstić information content (AvgIpc) is 3.37. The van der Waals surface area contributed by atoms with E-state index in [1.807, 2.05) is 0 Å². The molecule has 0 aromatic carbocycles. The van der Waals surface area contributed by atoms with E-state index in [4.69, 9.17) is 14.2 Å². The molecule has 406 valence electrons. The summed E-state index contributed by atoms with van der Waals surface area (Å²) in [6.07, 6.45) is 78.2. The van der Waals surface area contributed by atoms with Crippen LogP contribution in [0.25, 0.3) is 0 Å². The summed E-state index contributed by atoms with van der Waals surface area (Å²) in [7, 11) is 0. The van der Waals surface area contributed by atoms with Crippen LogP contribution in [0.1, 0.15) is 278 Å². The third-order valence-corrected chi connectivity index (χ3v) is 12.5. The highest BCUT2D eigenvalue weighted by molar-refractivity contribution is 5.71. The minimum Gasteiger partial charge on any atom is -0.462 e. The Morgan fingerprint density at radius 2 is 0.549 bits per heavy atom. The van der Waals surface area contributed by atoms with Gasteiger partial charge < -0.3 is 14.2 Å². The zero-order valence-corrected chi connectivity index (χ0v) is 46.5. The standard InChI is InChI=1S/C65H110O6/c1-4-7-10-13-16-19-22-25-28-30-32-34-37-40-43-46-49-52-55-58-64(67)70-61-62(60-69-63(66)57-54-51-48-45-42-39-36-27-24-21-18-15-12-9-6-3)71-65(68)59-56-53-50-47-44-41-38-35-33-31-29-26-23-20-17-14-11-8-5-2/h7,10,16-21,25-29,32,34,36,62H,4-6,8-9,11-15,22-24,30-31,33,35,37-61H2,1-3H3/b10-7-,19-16-,20-17-,21-18-,28-25-,29-26-,34-32-,36-27-. The van der Waals surface area contributed by atoms with Gasteiger partial charge in [-0.2, -0.15) is 0 Å². The first kappa shape index (κ1) is 67.3. The predicted molar refractivity (Wildman–Crippen MR) is 307 cm³/mol. The number of ether oxygens (including phenoxy) is 3. The van der Waals surface area contributed by atoms with Crippen LogP contribution < -0.4 is 0 Å². The summed E-state index contributed by atoms with van der Waals surface area (Å²) in [5, 5.41) is 0. The predicted octanol–water partition coefficient (Wildman–Crippen LogP) is 20.1. The van der Waals surface area contributed by atoms with E-state index >= 15 is 0 Å². The molecule has 0 saturated heterocycles. The summed E-state index contributed by atoms with van der Waals surface area (Å²) in [5.74, 6) is -0.917. The second-order valence-electron chi connectivity index (χ2n) is 19.5. The highest BCUT2D eigenvalue weighted by atomic mass is 16.6. The largest absolute Gasteiger partial charge is 0.462 e. The lowest BCUT2D eigenvalue weighted by Crippen LogP contribution is -2.30. The maximum Gasteiger partial charge on any atom is 0.306 e. The fourth-order valence-corrected chi connectivity index (χ4v) is 8.08. The van der Waals surface area contributed by atoms with Gasteiger partial charge in [-0.05, 0) is 122 Å². The normalized spacial score (nSPS) is 12.8. The number of carbonyl (C=O) groups is 3. The third kappa shape index (κ3) is 57.1. The Bertz CT molecular complexity index is 1410. The van der Waals surface area contributed by atoms with Gasteiger partial charge in [-0.15, -0.1) is 0 Å². The van der Waals surface area contributed by atoms with Crippen LogP contribution in [-0.2, 0) is 28.6 Å². The van der Waals surface area contributed by atoms with Gasteiger partial charge in [0.05, 0.1) is 0 Å². The van der Waals surface area contributed by atoms with Gasteiger partial charge in [-0.3, -0.25) is 14.4 Å². The monoisotopic (exact) mass is 987 g/mol. The van der Waals surface area contributed by atoms with Crippen molar-refractivity contribution in [1.29, 1.82) is 0 Å². The Kier molecular flexibility index (Phi) is 55.9. The second kappa shape index (κ2) is 58.9. The van der Waals surface area contributed by atoms with Gasteiger partial charge in [-0.25, -0.2) is 0 Å². The molecule has 0 aliphatic heterocycles.